The van der Waals surface area contributed by atoms with Crippen molar-refractivity contribution in [1.29, 1.82) is 0 Å². The molecule has 1 aliphatic carbocycles. The van der Waals surface area contributed by atoms with E-state index in [4.69, 9.17) is 10.7 Å². The molecule has 3 rings (SSSR count). The number of aromatic nitrogens is 2. The third-order valence-electron chi connectivity index (χ3n) is 3.62. The third-order valence-corrected chi connectivity index (χ3v) is 4.63. The van der Waals surface area contributed by atoms with E-state index in [0.717, 1.165) is 24.1 Å². The van der Waals surface area contributed by atoms with Gasteiger partial charge in [0.1, 0.15) is 0 Å². The summed E-state index contributed by atoms with van der Waals surface area (Å²) in [4.78, 5) is 8.82. The molecule has 0 saturated heterocycles. The highest BCUT2D eigenvalue weighted by Gasteiger charge is 2.22. The predicted molar refractivity (Wildman–Crippen MR) is 74.5 cm³/mol. The maximum absolute atomic E-state index is 5.95. The van der Waals surface area contributed by atoms with Crippen molar-refractivity contribution in [3.05, 3.63) is 34.9 Å². The summed E-state index contributed by atoms with van der Waals surface area (Å²) in [5.74, 6) is 0.616. The highest BCUT2D eigenvalue weighted by molar-refractivity contribution is 7.10. The second-order valence-electron chi connectivity index (χ2n) is 4.92. The Bertz CT molecular complexity index is 501. The average Bonchev–Trinajstić information content (AvgIpc) is 2.90. The minimum atomic E-state index is 0.404. The van der Waals surface area contributed by atoms with E-state index in [-0.39, 0.29) is 0 Å². The Kier molecular flexibility index (Phi) is 3.39. The highest BCUT2D eigenvalue weighted by Crippen LogP contribution is 2.35. The van der Waals surface area contributed by atoms with Gasteiger partial charge in [-0.05, 0) is 37.8 Å². The molecule has 4 heteroatoms. The summed E-state index contributed by atoms with van der Waals surface area (Å²) in [5.41, 5.74) is 8.18. The van der Waals surface area contributed by atoms with Gasteiger partial charge in [0.15, 0.2) is 0 Å². The Hall–Kier alpha value is -1.26. The van der Waals surface area contributed by atoms with Crippen molar-refractivity contribution in [2.24, 2.45) is 5.73 Å². The molecule has 0 aliphatic heterocycles. The van der Waals surface area contributed by atoms with Crippen LogP contribution in [0.5, 0.6) is 0 Å². The van der Waals surface area contributed by atoms with Crippen molar-refractivity contribution in [3.8, 4) is 11.3 Å². The van der Waals surface area contributed by atoms with Gasteiger partial charge in [-0.25, -0.2) is 4.98 Å². The van der Waals surface area contributed by atoms with E-state index >= 15 is 0 Å². The average molecular weight is 259 g/mol. The summed E-state index contributed by atoms with van der Waals surface area (Å²) < 4.78 is 0. The molecular weight excluding hydrogens is 242 g/mol. The van der Waals surface area contributed by atoms with Gasteiger partial charge in [-0.2, -0.15) is 0 Å². The van der Waals surface area contributed by atoms with Crippen LogP contribution in [0, 0.1) is 0 Å². The molecule has 3 nitrogen and oxygen atoms in total. The van der Waals surface area contributed by atoms with Crippen LogP contribution in [-0.2, 0) is 0 Å². The van der Waals surface area contributed by atoms with Crippen LogP contribution in [0.2, 0.25) is 0 Å². The number of rotatable bonds is 2. The van der Waals surface area contributed by atoms with Crippen LogP contribution in [0.1, 0.15) is 36.6 Å². The van der Waals surface area contributed by atoms with Gasteiger partial charge in [0.2, 0.25) is 0 Å². The molecule has 0 bridgehead atoms. The van der Waals surface area contributed by atoms with E-state index in [2.05, 4.69) is 10.4 Å². The lowest BCUT2D eigenvalue weighted by Gasteiger charge is -2.24. The summed E-state index contributed by atoms with van der Waals surface area (Å²) >= 11 is 1.78. The standard InChI is InChI=1S/C14H17N3S/c15-12-3-1-11(2-4-12)14-17-13(9-18-14)10-5-7-16-8-6-10/h5-9,11-12H,1-4,15H2. The lowest BCUT2D eigenvalue weighted by Crippen LogP contribution is -2.25. The molecule has 2 N–H and O–H groups in total. The van der Waals surface area contributed by atoms with Crippen LogP contribution in [0.15, 0.2) is 29.9 Å². The van der Waals surface area contributed by atoms with Crippen molar-refractivity contribution >= 4 is 11.3 Å². The molecule has 0 unspecified atom stereocenters. The van der Waals surface area contributed by atoms with Gasteiger partial charge in [0.05, 0.1) is 10.7 Å². The van der Waals surface area contributed by atoms with Crippen LogP contribution in [-0.4, -0.2) is 16.0 Å². The molecule has 1 fully saturated rings. The van der Waals surface area contributed by atoms with Crippen LogP contribution >= 0.6 is 11.3 Å². The fourth-order valence-electron chi connectivity index (χ4n) is 2.50. The van der Waals surface area contributed by atoms with Crippen molar-refractivity contribution < 1.29 is 0 Å². The topological polar surface area (TPSA) is 51.8 Å². The third kappa shape index (κ3) is 2.44. The van der Waals surface area contributed by atoms with Crippen molar-refractivity contribution in [3.63, 3.8) is 0 Å². The van der Waals surface area contributed by atoms with E-state index < -0.39 is 0 Å². The lowest BCUT2D eigenvalue weighted by atomic mass is 9.87. The molecule has 94 valence electrons. The van der Waals surface area contributed by atoms with Gasteiger partial charge < -0.3 is 5.73 Å². The monoisotopic (exact) mass is 259 g/mol. The lowest BCUT2D eigenvalue weighted by molar-refractivity contribution is 0.395. The predicted octanol–water partition coefficient (Wildman–Crippen LogP) is 3.19. The van der Waals surface area contributed by atoms with Gasteiger partial charge in [0, 0.05) is 35.3 Å². The number of hydrogen-bond donors (Lipinski definition) is 1. The minimum Gasteiger partial charge on any atom is -0.328 e. The van der Waals surface area contributed by atoms with E-state index in [1.54, 1.807) is 11.3 Å². The molecule has 0 atom stereocenters. The van der Waals surface area contributed by atoms with E-state index in [0.29, 0.717) is 12.0 Å². The summed E-state index contributed by atoms with van der Waals surface area (Å²) in [6.45, 7) is 0. The smallest absolute Gasteiger partial charge is 0.0963 e. The zero-order chi connectivity index (χ0) is 12.4. The zero-order valence-corrected chi connectivity index (χ0v) is 11.1. The maximum atomic E-state index is 5.95. The fourth-order valence-corrected chi connectivity index (χ4v) is 3.50. The van der Waals surface area contributed by atoms with Crippen LogP contribution < -0.4 is 5.73 Å². The summed E-state index contributed by atoms with van der Waals surface area (Å²) in [7, 11) is 0. The van der Waals surface area contributed by atoms with Crippen LogP contribution in [0.4, 0.5) is 0 Å². The Labute approximate surface area is 111 Å². The molecule has 18 heavy (non-hydrogen) atoms. The van der Waals surface area contributed by atoms with E-state index in [1.165, 1.54) is 17.8 Å². The zero-order valence-electron chi connectivity index (χ0n) is 10.2. The summed E-state index contributed by atoms with van der Waals surface area (Å²) in [6, 6.07) is 4.42. The van der Waals surface area contributed by atoms with E-state index in [9.17, 15) is 0 Å². The van der Waals surface area contributed by atoms with Crippen LogP contribution in [0.25, 0.3) is 11.3 Å². The molecule has 0 radical (unpaired) electrons. The number of nitrogens with two attached hydrogens (primary N) is 1. The van der Waals surface area contributed by atoms with Crippen molar-refractivity contribution in [2.75, 3.05) is 0 Å². The van der Waals surface area contributed by atoms with Gasteiger partial charge in [-0.1, -0.05) is 0 Å². The molecule has 0 aromatic carbocycles. The Balaban J connectivity index is 1.78. The first kappa shape index (κ1) is 11.8. The van der Waals surface area contributed by atoms with Gasteiger partial charge >= 0.3 is 0 Å². The number of thiazole rings is 1. The molecule has 2 aromatic heterocycles. The highest BCUT2D eigenvalue weighted by atomic mass is 32.1. The first-order chi connectivity index (χ1) is 8.83. The summed E-state index contributed by atoms with van der Waals surface area (Å²) in [6.07, 6.45) is 8.26. The van der Waals surface area contributed by atoms with Crippen molar-refractivity contribution in [2.45, 2.75) is 37.6 Å². The molecule has 1 saturated carbocycles. The second kappa shape index (κ2) is 5.16. The fraction of sp³-hybridized carbons (Fsp3) is 0.429. The molecular formula is C14H17N3S. The largest absolute Gasteiger partial charge is 0.328 e. The SMILES string of the molecule is NC1CCC(c2nc(-c3ccncc3)cs2)CC1. The van der Waals surface area contributed by atoms with Crippen LogP contribution in [0.3, 0.4) is 0 Å². The molecule has 1 aliphatic rings. The molecule has 0 amide bonds. The van der Waals surface area contributed by atoms with Crippen molar-refractivity contribution in [1.82, 2.24) is 9.97 Å². The Morgan fingerprint density at radius 1 is 1.11 bits per heavy atom. The maximum Gasteiger partial charge on any atom is 0.0963 e. The van der Waals surface area contributed by atoms with Gasteiger partial charge in [-0.15, -0.1) is 11.3 Å². The van der Waals surface area contributed by atoms with Gasteiger partial charge in [0.25, 0.3) is 0 Å². The number of nitrogens with zero attached hydrogens (tertiary/aromatic N) is 2. The first-order valence-corrected chi connectivity index (χ1v) is 7.32. The van der Waals surface area contributed by atoms with Gasteiger partial charge in [-0.3, -0.25) is 4.98 Å². The number of pyridine rings is 1. The second-order valence-corrected chi connectivity index (χ2v) is 5.81. The number of hydrogen-bond acceptors (Lipinski definition) is 4. The quantitative estimate of drug-likeness (QED) is 0.901. The molecule has 2 aromatic rings. The van der Waals surface area contributed by atoms with E-state index in [1.807, 2.05) is 24.5 Å². The minimum absolute atomic E-state index is 0.404. The Morgan fingerprint density at radius 3 is 2.56 bits per heavy atom. The Morgan fingerprint density at radius 2 is 1.83 bits per heavy atom. The molecule has 0 spiro atoms. The molecule has 2 heterocycles. The summed E-state index contributed by atoms with van der Waals surface area (Å²) in [5, 5.41) is 3.42. The first-order valence-electron chi connectivity index (χ1n) is 6.44. The normalized spacial score (nSPS) is 24.1.